The van der Waals surface area contributed by atoms with E-state index in [2.05, 4.69) is 26.1 Å². The van der Waals surface area contributed by atoms with E-state index in [1.54, 1.807) is 24.3 Å². The summed E-state index contributed by atoms with van der Waals surface area (Å²) in [5.74, 6) is 0.792. The van der Waals surface area contributed by atoms with E-state index in [9.17, 15) is 4.79 Å². The summed E-state index contributed by atoms with van der Waals surface area (Å²) in [5, 5.41) is 7.93. The summed E-state index contributed by atoms with van der Waals surface area (Å²) in [6.45, 7) is 1.21. The van der Waals surface area contributed by atoms with Crippen molar-refractivity contribution in [2.45, 2.75) is 25.6 Å². The molecule has 1 aliphatic rings. The van der Waals surface area contributed by atoms with Gasteiger partial charge in [0.2, 0.25) is 5.89 Å². The first-order valence-corrected chi connectivity index (χ1v) is 10.1. The molecular weight excluding hydrogens is 440 g/mol. The Labute approximate surface area is 176 Å². The van der Waals surface area contributed by atoms with E-state index in [0.717, 1.165) is 29.5 Å². The maximum Gasteiger partial charge on any atom is 0.338 e. The molecule has 0 amide bonds. The molecule has 2 aromatic carbocycles. The molecule has 1 atom stereocenters. The Morgan fingerprint density at radius 3 is 2.72 bits per heavy atom. The third kappa shape index (κ3) is 5.02. The van der Waals surface area contributed by atoms with E-state index in [0.29, 0.717) is 23.8 Å². The lowest BCUT2D eigenvalue weighted by Gasteiger charge is -2.11. The van der Waals surface area contributed by atoms with Crippen LogP contribution in [-0.2, 0) is 16.1 Å². The summed E-state index contributed by atoms with van der Waals surface area (Å²) in [6, 6.07) is 14.3. The number of esters is 1. The van der Waals surface area contributed by atoms with Crippen molar-refractivity contribution in [3.63, 3.8) is 0 Å². The first-order chi connectivity index (χ1) is 14.2. The number of carbonyl (C=O) groups excluding carboxylic acids is 1. The minimum absolute atomic E-state index is 0.104. The predicted octanol–water partition coefficient (Wildman–Crippen LogP) is 4.41. The number of rotatable bonds is 7. The Kier molecular flexibility index (Phi) is 6.21. The first kappa shape index (κ1) is 19.6. The van der Waals surface area contributed by atoms with Crippen molar-refractivity contribution in [3.05, 3.63) is 64.5 Å². The number of hydrogen-bond donors (Lipinski definition) is 0. The number of halogens is 1. The van der Waals surface area contributed by atoms with Gasteiger partial charge in [-0.1, -0.05) is 12.1 Å². The molecule has 8 heteroatoms. The van der Waals surface area contributed by atoms with Crippen molar-refractivity contribution in [1.82, 2.24) is 10.2 Å². The van der Waals surface area contributed by atoms with Gasteiger partial charge in [0, 0.05) is 11.1 Å². The van der Waals surface area contributed by atoms with Crippen LogP contribution in [0.15, 0.2) is 57.4 Å². The predicted molar refractivity (Wildman–Crippen MR) is 107 cm³/mol. The molecular formula is C21H19BrN2O5. The van der Waals surface area contributed by atoms with Gasteiger partial charge in [-0.2, -0.15) is 0 Å². The molecule has 0 bridgehead atoms. The summed E-state index contributed by atoms with van der Waals surface area (Å²) in [5.41, 5.74) is 1.19. The molecule has 29 heavy (non-hydrogen) atoms. The Balaban J connectivity index is 1.30. The van der Waals surface area contributed by atoms with Crippen LogP contribution in [0.25, 0.3) is 11.5 Å². The average molecular weight is 459 g/mol. The minimum Gasteiger partial charge on any atom is -0.491 e. The fourth-order valence-corrected chi connectivity index (χ4v) is 3.37. The highest BCUT2D eigenvalue weighted by Gasteiger charge is 2.17. The number of benzene rings is 2. The van der Waals surface area contributed by atoms with Crippen molar-refractivity contribution in [1.29, 1.82) is 0 Å². The molecule has 2 heterocycles. The number of aromatic nitrogens is 2. The smallest absolute Gasteiger partial charge is 0.338 e. The van der Waals surface area contributed by atoms with Gasteiger partial charge in [0.15, 0.2) is 6.61 Å². The highest BCUT2D eigenvalue weighted by atomic mass is 79.9. The number of ether oxygens (including phenoxy) is 3. The zero-order valence-corrected chi connectivity index (χ0v) is 17.1. The third-order valence-electron chi connectivity index (χ3n) is 4.45. The molecule has 0 N–H and O–H groups in total. The second kappa shape index (κ2) is 9.19. The van der Waals surface area contributed by atoms with Gasteiger partial charge in [0.05, 0.1) is 17.2 Å². The lowest BCUT2D eigenvalue weighted by molar-refractivity contribution is 0.0438. The molecule has 1 fully saturated rings. The highest BCUT2D eigenvalue weighted by molar-refractivity contribution is 9.10. The summed E-state index contributed by atoms with van der Waals surface area (Å²) in [4.78, 5) is 12.2. The zero-order chi connectivity index (χ0) is 20.1. The highest BCUT2D eigenvalue weighted by Crippen LogP contribution is 2.26. The Morgan fingerprint density at radius 2 is 1.97 bits per heavy atom. The zero-order valence-electron chi connectivity index (χ0n) is 15.5. The summed E-state index contributed by atoms with van der Waals surface area (Å²) >= 11 is 3.44. The van der Waals surface area contributed by atoms with Crippen LogP contribution in [0.3, 0.4) is 0 Å². The normalized spacial score (nSPS) is 16.0. The quantitative estimate of drug-likeness (QED) is 0.484. The molecule has 0 saturated carbocycles. The van der Waals surface area contributed by atoms with E-state index in [1.165, 1.54) is 0 Å². The van der Waals surface area contributed by atoms with E-state index in [-0.39, 0.29) is 18.6 Å². The topological polar surface area (TPSA) is 83.7 Å². The Morgan fingerprint density at radius 1 is 1.14 bits per heavy atom. The van der Waals surface area contributed by atoms with Gasteiger partial charge in [-0.15, -0.1) is 10.2 Å². The Hall–Kier alpha value is -2.71. The maximum absolute atomic E-state index is 12.2. The lowest BCUT2D eigenvalue weighted by atomic mass is 10.2. The minimum atomic E-state index is -0.476. The number of nitrogens with zero attached hydrogens (tertiary/aromatic N) is 2. The lowest BCUT2D eigenvalue weighted by Crippen LogP contribution is -2.16. The number of hydrogen-bond acceptors (Lipinski definition) is 7. The van der Waals surface area contributed by atoms with Gasteiger partial charge in [-0.3, -0.25) is 0 Å². The fourth-order valence-electron chi connectivity index (χ4n) is 2.92. The van der Waals surface area contributed by atoms with E-state index < -0.39 is 5.97 Å². The van der Waals surface area contributed by atoms with Crippen molar-refractivity contribution in [2.75, 3.05) is 13.2 Å². The van der Waals surface area contributed by atoms with Crippen LogP contribution in [0.2, 0.25) is 0 Å². The van der Waals surface area contributed by atoms with Crippen LogP contribution < -0.4 is 4.74 Å². The third-order valence-corrected chi connectivity index (χ3v) is 5.14. The molecule has 150 valence electrons. The second-order valence-corrected chi connectivity index (χ2v) is 7.38. The van der Waals surface area contributed by atoms with Gasteiger partial charge in [-0.05, 0) is 65.2 Å². The molecule has 0 spiro atoms. The first-order valence-electron chi connectivity index (χ1n) is 9.28. The molecule has 3 aromatic rings. The SMILES string of the molecule is O=C(OCc1nnc(-c2ccccc2Br)o1)c1ccc(OCC2CCCO2)cc1. The van der Waals surface area contributed by atoms with Crippen LogP contribution in [0.5, 0.6) is 5.75 Å². The van der Waals surface area contributed by atoms with Gasteiger partial charge >= 0.3 is 5.97 Å². The average Bonchev–Trinajstić information content (AvgIpc) is 3.43. The van der Waals surface area contributed by atoms with Gasteiger partial charge in [-0.25, -0.2) is 4.79 Å². The van der Waals surface area contributed by atoms with E-state index in [4.69, 9.17) is 18.6 Å². The standard InChI is InChI=1S/C21H19BrN2O5/c22-18-6-2-1-5-17(18)20-24-23-19(29-20)13-28-21(25)14-7-9-15(10-8-14)27-12-16-4-3-11-26-16/h1-2,5-10,16H,3-4,11-13H2. The van der Waals surface area contributed by atoms with Crippen LogP contribution in [0.4, 0.5) is 0 Å². The van der Waals surface area contributed by atoms with Crippen molar-refractivity contribution >= 4 is 21.9 Å². The van der Waals surface area contributed by atoms with Crippen molar-refractivity contribution in [2.24, 2.45) is 0 Å². The van der Waals surface area contributed by atoms with E-state index >= 15 is 0 Å². The summed E-state index contributed by atoms with van der Waals surface area (Å²) < 4.78 is 22.9. The van der Waals surface area contributed by atoms with Crippen LogP contribution in [0, 0.1) is 0 Å². The molecule has 0 aliphatic carbocycles. The van der Waals surface area contributed by atoms with Crippen LogP contribution in [-0.4, -0.2) is 35.5 Å². The van der Waals surface area contributed by atoms with Gasteiger partial charge in [0.25, 0.3) is 5.89 Å². The van der Waals surface area contributed by atoms with Gasteiger partial charge in [0.1, 0.15) is 12.4 Å². The molecule has 0 radical (unpaired) electrons. The summed E-state index contributed by atoms with van der Waals surface area (Å²) in [6.07, 6.45) is 2.24. The maximum atomic E-state index is 12.2. The summed E-state index contributed by atoms with van der Waals surface area (Å²) in [7, 11) is 0. The largest absolute Gasteiger partial charge is 0.491 e. The molecule has 1 aliphatic heterocycles. The second-order valence-electron chi connectivity index (χ2n) is 6.53. The molecule has 1 aromatic heterocycles. The van der Waals surface area contributed by atoms with Crippen LogP contribution >= 0.6 is 15.9 Å². The number of carbonyl (C=O) groups is 1. The van der Waals surface area contributed by atoms with Crippen LogP contribution in [0.1, 0.15) is 29.1 Å². The molecule has 4 rings (SSSR count). The fraction of sp³-hybridized carbons (Fsp3) is 0.286. The molecule has 7 nitrogen and oxygen atoms in total. The van der Waals surface area contributed by atoms with E-state index in [1.807, 2.05) is 24.3 Å². The van der Waals surface area contributed by atoms with Crippen molar-refractivity contribution in [3.8, 4) is 17.2 Å². The van der Waals surface area contributed by atoms with Gasteiger partial charge < -0.3 is 18.6 Å². The Bertz CT molecular complexity index is 967. The molecule has 1 saturated heterocycles. The molecule has 1 unspecified atom stereocenters. The van der Waals surface area contributed by atoms with Crippen molar-refractivity contribution < 1.29 is 23.4 Å². The monoisotopic (exact) mass is 458 g/mol.